The van der Waals surface area contributed by atoms with Crippen LogP contribution in [-0.4, -0.2) is 30.7 Å². The van der Waals surface area contributed by atoms with Crippen LogP contribution in [0.1, 0.15) is 46.9 Å². The molecule has 0 aliphatic heterocycles. The second-order valence-electron chi connectivity index (χ2n) is 7.30. The van der Waals surface area contributed by atoms with E-state index in [0.29, 0.717) is 5.56 Å². The highest BCUT2D eigenvalue weighted by Crippen LogP contribution is 2.20. The van der Waals surface area contributed by atoms with Gasteiger partial charge in [-0.1, -0.05) is 62.4 Å². The van der Waals surface area contributed by atoms with Gasteiger partial charge in [0, 0.05) is 25.4 Å². The molecule has 0 spiro atoms. The fraction of sp³-hybridized carbons (Fsp3) is 0.304. The summed E-state index contributed by atoms with van der Waals surface area (Å²) in [5.41, 5.74) is 3.43. The normalized spacial score (nSPS) is 12.5. The lowest BCUT2D eigenvalue weighted by molar-refractivity contribution is 0.0935. The molecule has 1 unspecified atom stereocenters. The SMILES string of the molecule is CCc1cccc(CC)c1C(=O)NC(CNS(=O)(=O)c1cnn(C)c1)c1ccccc1. The zero-order chi connectivity index (χ0) is 22.4. The fourth-order valence-electron chi connectivity index (χ4n) is 3.52. The maximum Gasteiger partial charge on any atom is 0.252 e. The van der Waals surface area contributed by atoms with E-state index in [1.54, 1.807) is 7.05 Å². The first-order valence-electron chi connectivity index (χ1n) is 10.3. The summed E-state index contributed by atoms with van der Waals surface area (Å²) < 4.78 is 29.4. The molecular weight excluding hydrogens is 412 g/mol. The van der Waals surface area contributed by atoms with Gasteiger partial charge < -0.3 is 5.32 Å². The number of rotatable bonds is 9. The van der Waals surface area contributed by atoms with Gasteiger partial charge in [0.2, 0.25) is 10.0 Å². The van der Waals surface area contributed by atoms with Crippen molar-refractivity contribution in [3.05, 3.63) is 83.2 Å². The van der Waals surface area contributed by atoms with Crippen molar-refractivity contribution in [2.75, 3.05) is 6.54 Å². The number of nitrogens with one attached hydrogen (secondary N) is 2. The standard InChI is InChI=1S/C23H28N4O3S/c1-4-17-12-9-13-18(5-2)22(17)23(28)26-21(19-10-7-6-8-11-19)15-25-31(29,30)20-14-24-27(3)16-20/h6-14,16,21,25H,4-5,15H2,1-3H3,(H,26,28). The Balaban J connectivity index is 1.87. The minimum atomic E-state index is -3.75. The first-order valence-corrected chi connectivity index (χ1v) is 11.8. The van der Waals surface area contributed by atoms with Gasteiger partial charge in [-0.05, 0) is 29.5 Å². The van der Waals surface area contributed by atoms with Crippen LogP contribution in [0, 0.1) is 0 Å². The molecule has 0 fully saturated rings. The predicted molar refractivity (Wildman–Crippen MR) is 120 cm³/mol. The lowest BCUT2D eigenvalue weighted by Crippen LogP contribution is -2.38. The van der Waals surface area contributed by atoms with Gasteiger partial charge in [-0.15, -0.1) is 0 Å². The largest absolute Gasteiger partial charge is 0.344 e. The average molecular weight is 441 g/mol. The van der Waals surface area contributed by atoms with Gasteiger partial charge >= 0.3 is 0 Å². The van der Waals surface area contributed by atoms with Crippen molar-refractivity contribution in [2.45, 2.75) is 37.6 Å². The highest BCUT2D eigenvalue weighted by Gasteiger charge is 2.23. The van der Waals surface area contributed by atoms with Crippen molar-refractivity contribution in [2.24, 2.45) is 7.05 Å². The highest BCUT2D eigenvalue weighted by molar-refractivity contribution is 7.89. The number of sulfonamides is 1. The molecule has 0 saturated carbocycles. The molecule has 0 aliphatic rings. The minimum absolute atomic E-state index is 0.0166. The molecule has 0 radical (unpaired) electrons. The summed E-state index contributed by atoms with van der Waals surface area (Å²) in [4.78, 5) is 13.4. The summed E-state index contributed by atoms with van der Waals surface area (Å²) in [5, 5.41) is 6.96. The van der Waals surface area contributed by atoms with Crippen LogP contribution in [0.15, 0.2) is 65.8 Å². The molecule has 1 aromatic heterocycles. The first-order chi connectivity index (χ1) is 14.9. The van der Waals surface area contributed by atoms with Gasteiger partial charge in [0.1, 0.15) is 4.90 Å². The van der Waals surface area contributed by atoms with Crippen molar-refractivity contribution < 1.29 is 13.2 Å². The van der Waals surface area contributed by atoms with E-state index in [4.69, 9.17) is 0 Å². The lowest BCUT2D eigenvalue weighted by Gasteiger charge is -2.21. The van der Waals surface area contributed by atoms with Gasteiger partial charge in [-0.3, -0.25) is 9.48 Å². The summed E-state index contributed by atoms with van der Waals surface area (Å²) in [6.45, 7) is 4.05. The molecule has 3 rings (SSSR count). The summed E-state index contributed by atoms with van der Waals surface area (Å²) in [6.07, 6.45) is 4.20. The Bertz CT molecular complexity index is 1120. The maximum atomic E-state index is 13.3. The topological polar surface area (TPSA) is 93.1 Å². The Morgan fingerprint density at radius 1 is 1.03 bits per heavy atom. The van der Waals surface area contributed by atoms with Crippen LogP contribution >= 0.6 is 0 Å². The maximum absolute atomic E-state index is 13.3. The van der Waals surface area contributed by atoms with Crippen molar-refractivity contribution in [1.82, 2.24) is 19.8 Å². The molecule has 164 valence electrons. The Kier molecular flexibility index (Phi) is 7.25. The van der Waals surface area contributed by atoms with E-state index >= 15 is 0 Å². The number of aryl methyl sites for hydroxylation is 3. The smallest absolute Gasteiger partial charge is 0.252 e. The van der Waals surface area contributed by atoms with Crippen LogP contribution < -0.4 is 10.0 Å². The summed E-state index contributed by atoms with van der Waals surface area (Å²) in [7, 11) is -2.10. The number of nitrogens with zero attached hydrogens (tertiary/aromatic N) is 2. The van der Waals surface area contributed by atoms with E-state index in [2.05, 4.69) is 15.1 Å². The number of amides is 1. The third kappa shape index (κ3) is 5.39. The van der Waals surface area contributed by atoms with E-state index in [1.807, 2.05) is 62.4 Å². The second kappa shape index (κ2) is 9.89. The zero-order valence-corrected chi connectivity index (χ0v) is 18.8. The number of carbonyl (C=O) groups excluding carboxylic acids is 1. The molecule has 1 heterocycles. The van der Waals surface area contributed by atoms with E-state index in [1.165, 1.54) is 17.1 Å². The predicted octanol–water partition coefficient (Wildman–Crippen LogP) is 2.99. The van der Waals surface area contributed by atoms with E-state index in [9.17, 15) is 13.2 Å². The molecule has 1 atom stereocenters. The summed E-state index contributed by atoms with van der Waals surface area (Å²) in [6, 6.07) is 14.7. The van der Waals surface area contributed by atoms with Gasteiger partial charge in [0.05, 0.1) is 12.2 Å². The van der Waals surface area contributed by atoms with Gasteiger partial charge in [-0.25, -0.2) is 13.1 Å². The Morgan fingerprint density at radius 2 is 1.68 bits per heavy atom. The van der Waals surface area contributed by atoms with Crippen molar-refractivity contribution in [3.8, 4) is 0 Å². The molecule has 7 nitrogen and oxygen atoms in total. The van der Waals surface area contributed by atoms with Gasteiger partial charge in [0.25, 0.3) is 5.91 Å². The lowest BCUT2D eigenvalue weighted by atomic mass is 9.96. The van der Waals surface area contributed by atoms with Crippen LogP contribution in [-0.2, 0) is 29.9 Å². The van der Waals surface area contributed by atoms with Crippen LogP contribution in [0.2, 0.25) is 0 Å². The van der Waals surface area contributed by atoms with Gasteiger partial charge in [0.15, 0.2) is 0 Å². The quantitative estimate of drug-likeness (QED) is 0.535. The van der Waals surface area contributed by atoms with Crippen molar-refractivity contribution in [1.29, 1.82) is 0 Å². The fourth-order valence-corrected chi connectivity index (χ4v) is 4.55. The van der Waals surface area contributed by atoms with Crippen LogP contribution in [0.3, 0.4) is 0 Å². The molecule has 0 aliphatic carbocycles. The van der Waals surface area contributed by atoms with Crippen LogP contribution in [0.4, 0.5) is 0 Å². The molecule has 2 N–H and O–H groups in total. The minimum Gasteiger partial charge on any atom is -0.344 e. The number of aromatic nitrogens is 2. The molecule has 0 bridgehead atoms. The Labute approximate surface area is 183 Å². The Morgan fingerprint density at radius 3 is 2.23 bits per heavy atom. The third-order valence-electron chi connectivity index (χ3n) is 5.20. The van der Waals surface area contributed by atoms with E-state index < -0.39 is 16.1 Å². The van der Waals surface area contributed by atoms with Crippen molar-refractivity contribution >= 4 is 15.9 Å². The molecule has 3 aromatic rings. The summed E-state index contributed by atoms with van der Waals surface area (Å²) in [5.74, 6) is -0.205. The summed E-state index contributed by atoms with van der Waals surface area (Å²) >= 11 is 0. The third-order valence-corrected chi connectivity index (χ3v) is 6.58. The number of carbonyl (C=O) groups is 1. The van der Waals surface area contributed by atoms with Crippen LogP contribution in [0.25, 0.3) is 0 Å². The van der Waals surface area contributed by atoms with Crippen LogP contribution in [0.5, 0.6) is 0 Å². The number of hydrogen-bond donors (Lipinski definition) is 2. The molecule has 31 heavy (non-hydrogen) atoms. The van der Waals surface area contributed by atoms with E-state index in [-0.39, 0.29) is 17.3 Å². The second-order valence-corrected chi connectivity index (χ2v) is 9.06. The van der Waals surface area contributed by atoms with Crippen molar-refractivity contribution in [3.63, 3.8) is 0 Å². The number of benzene rings is 2. The zero-order valence-electron chi connectivity index (χ0n) is 18.0. The Hall–Kier alpha value is -2.97. The molecule has 2 aromatic carbocycles. The monoisotopic (exact) mass is 440 g/mol. The number of hydrogen-bond acceptors (Lipinski definition) is 4. The molecule has 1 amide bonds. The average Bonchev–Trinajstić information content (AvgIpc) is 3.23. The first kappa shape index (κ1) is 22.7. The molecule has 8 heteroatoms. The van der Waals surface area contributed by atoms with E-state index in [0.717, 1.165) is 29.5 Å². The molecule has 0 saturated heterocycles. The highest BCUT2D eigenvalue weighted by atomic mass is 32.2. The molecular formula is C23H28N4O3S. The van der Waals surface area contributed by atoms with Gasteiger partial charge in [-0.2, -0.15) is 5.10 Å².